The van der Waals surface area contributed by atoms with Crippen molar-refractivity contribution in [2.24, 2.45) is 0 Å². The molecule has 20 heavy (non-hydrogen) atoms. The number of halogens is 3. The molecule has 116 valence electrons. The van der Waals surface area contributed by atoms with E-state index in [9.17, 15) is 22.8 Å². The number of aliphatic carboxylic acids is 1. The van der Waals surface area contributed by atoms with Gasteiger partial charge in [0.15, 0.2) is 5.54 Å². The zero-order chi connectivity index (χ0) is 15.2. The number of ether oxygens (including phenoxy) is 1. The predicted molar refractivity (Wildman–Crippen MR) is 62.2 cm³/mol. The van der Waals surface area contributed by atoms with Crippen molar-refractivity contribution in [1.29, 1.82) is 0 Å². The van der Waals surface area contributed by atoms with Gasteiger partial charge in [0.2, 0.25) is 0 Å². The molecule has 0 spiro atoms. The van der Waals surface area contributed by atoms with Crippen LogP contribution in [0.3, 0.4) is 0 Å². The molecule has 1 fully saturated rings. The van der Waals surface area contributed by atoms with E-state index >= 15 is 0 Å². The average Bonchev–Trinajstić information content (AvgIpc) is 2.76. The first-order valence-corrected chi connectivity index (χ1v) is 6.19. The van der Waals surface area contributed by atoms with Crippen LogP contribution in [0.15, 0.2) is 0 Å². The van der Waals surface area contributed by atoms with Gasteiger partial charge < -0.3 is 20.5 Å². The molecule has 1 aliphatic heterocycles. The summed E-state index contributed by atoms with van der Waals surface area (Å²) < 4.78 is 40.6. The maximum atomic E-state index is 11.9. The summed E-state index contributed by atoms with van der Waals surface area (Å²) in [7, 11) is 0. The van der Waals surface area contributed by atoms with E-state index in [4.69, 9.17) is 9.84 Å². The molecule has 1 aliphatic rings. The van der Waals surface area contributed by atoms with Gasteiger partial charge in [0.25, 0.3) is 0 Å². The molecule has 9 heteroatoms. The number of hydrogen-bond donors (Lipinski definition) is 3. The van der Waals surface area contributed by atoms with Crippen LogP contribution >= 0.6 is 0 Å². The van der Waals surface area contributed by atoms with Crippen LogP contribution < -0.4 is 10.6 Å². The molecular formula is C11H17F3N2O4. The van der Waals surface area contributed by atoms with Gasteiger partial charge in [-0.05, 0) is 12.8 Å². The van der Waals surface area contributed by atoms with Gasteiger partial charge in [-0.2, -0.15) is 13.2 Å². The summed E-state index contributed by atoms with van der Waals surface area (Å²) in [4.78, 5) is 22.6. The lowest BCUT2D eigenvalue weighted by molar-refractivity contribution is -0.144. The third-order valence-corrected chi connectivity index (χ3v) is 2.96. The van der Waals surface area contributed by atoms with Crippen molar-refractivity contribution in [3.05, 3.63) is 0 Å². The molecule has 1 heterocycles. The van der Waals surface area contributed by atoms with E-state index in [1.54, 1.807) is 0 Å². The first kappa shape index (κ1) is 16.5. The van der Waals surface area contributed by atoms with E-state index < -0.39 is 30.1 Å². The number of nitrogens with one attached hydrogen (secondary N) is 2. The first-order valence-electron chi connectivity index (χ1n) is 6.19. The van der Waals surface area contributed by atoms with Crippen LogP contribution in [0.25, 0.3) is 0 Å². The van der Waals surface area contributed by atoms with Crippen molar-refractivity contribution in [3.8, 4) is 0 Å². The van der Waals surface area contributed by atoms with Crippen LogP contribution in [0.2, 0.25) is 0 Å². The molecule has 0 aromatic rings. The molecule has 0 aromatic heterocycles. The minimum absolute atomic E-state index is 0.0540. The maximum Gasteiger partial charge on any atom is 0.389 e. The van der Waals surface area contributed by atoms with Gasteiger partial charge in [0, 0.05) is 26.0 Å². The number of carboxylic acid groups (broad SMARTS) is 1. The van der Waals surface area contributed by atoms with Gasteiger partial charge in [0.1, 0.15) is 0 Å². The Hall–Kier alpha value is -1.51. The molecule has 0 aliphatic carbocycles. The summed E-state index contributed by atoms with van der Waals surface area (Å²) in [5, 5.41) is 13.7. The number of carbonyl (C=O) groups excluding carboxylic acids is 1. The Kier molecular flexibility index (Phi) is 5.61. The molecule has 0 bridgehead atoms. The number of carbonyl (C=O) groups is 2. The van der Waals surface area contributed by atoms with Crippen LogP contribution in [-0.2, 0) is 9.53 Å². The summed E-state index contributed by atoms with van der Waals surface area (Å²) in [6.45, 7) is 0.167. The second kappa shape index (κ2) is 6.78. The van der Waals surface area contributed by atoms with E-state index in [1.165, 1.54) is 0 Å². The summed E-state index contributed by atoms with van der Waals surface area (Å²) >= 11 is 0. The zero-order valence-corrected chi connectivity index (χ0v) is 10.8. The first-order chi connectivity index (χ1) is 9.25. The summed E-state index contributed by atoms with van der Waals surface area (Å²) in [5.41, 5.74) is -1.45. The van der Waals surface area contributed by atoms with Gasteiger partial charge in [-0.1, -0.05) is 0 Å². The van der Waals surface area contributed by atoms with Crippen LogP contribution in [0, 0.1) is 0 Å². The standard InChI is InChI=1S/C11H17F3N2O4/c12-11(13,14)3-1-2-5-15-9(19)16-10(8(17)18)4-6-20-7-10/h1-7H2,(H,17,18)(H2,15,16,19). The Bertz CT molecular complexity index is 354. The molecule has 0 radical (unpaired) electrons. The largest absolute Gasteiger partial charge is 0.479 e. The SMILES string of the molecule is O=C(NCCCCC(F)(F)F)NC1(C(=O)O)CCOC1. The topological polar surface area (TPSA) is 87.7 Å². The predicted octanol–water partition coefficient (Wildman–Crippen LogP) is 1.26. The number of unbranched alkanes of at least 4 members (excludes halogenated alkanes) is 1. The second-order valence-electron chi connectivity index (χ2n) is 4.64. The number of rotatable bonds is 6. The monoisotopic (exact) mass is 298 g/mol. The minimum atomic E-state index is -4.20. The van der Waals surface area contributed by atoms with E-state index in [-0.39, 0.29) is 39.0 Å². The Balaban J connectivity index is 2.24. The third-order valence-electron chi connectivity index (χ3n) is 2.96. The highest BCUT2D eigenvalue weighted by Crippen LogP contribution is 2.22. The van der Waals surface area contributed by atoms with Gasteiger partial charge in [-0.25, -0.2) is 9.59 Å². The van der Waals surface area contributed by atoms with Crippen LogP contribution in [0.1, 0.15) is 25.7 Å². The lowest BCUT2D eigenvalue weighted by atomic mass is 9.99. The van der Waals surface area contributed by atoms with Gasteiger partial charge in [-0.15, -0.1) is 0 Å². The van der Waals surface area contributed by atoms with Crippen molar-refractivity contribution in [2.75, 3.05) is 19.8 Å². The van der Waals surface area contributed by atoms with Crippen molar-refractivity contribution in [3.63, 3.8) is 0 Å². The Morgan fingerprint density at radius 2 is 2.00 bits per heavy atom. The number of carboxylic acids is 1. The van der Waals surface area contributed by atoms with Crippen LogP contribution in [-0.4, -0.2) is 48.6 Å². The van der Waals surface area contributed by atoms with E-state index in [1.807, 2.05) is 0 Å². The fourth-order valence-electron chi connectivity index (χ4n) is 1.80. The number of amides is 2. The fraction of sp³-hybridized carbons (Fsp3) is 0.818. The molecular weight excluding hydrogens is 281 g/mol. The second-order valence-corrected chi connectivity index (χ2v) is 4.64. The van der Waals surface area contributed by atoms with Crippen molar-refractivity contribution in [2.45, 2.75) is 37.4 Å². The lowest BCUT2D eigenvalue weighted by Crippen LogP contribution is -2.57. The molecule has 3 N–H and O–H groups in total. The molecule has 6 nitrogen and oxygen atoms in total. The highest BCUT2D eigenvalue weighted by atomic mass is 19.4. The average molecular weight is 298 g/mol. The van der Waals surface area contributed by atoms with Crippen molar-refractivity contribution >= 4 is 12.0 Å². The Labute approximate surface area is 113 Å². The van der Waals surface area contributed by atoms with E-state index in [2.05, 4.69) is 10.6 Å². The van der Waals surface area contributed by atoms with Gasteiger partial charge >= 0.3 is 18.2 Å². The number of hydrogen-bond acceptors (Lipinski definition) is 3. The molecule has 1 atom stereocenters. The van der Waals surface area contributed by atoms with Crippen molar-refractivity contribution < 1.29 is 32.6 Å². The summed E-state index contributed by atoms with van der Waals surface area (Å²) in [6.07, 6.45) is -4.86. The third kappa shape index (κ3) is 5.24. The fourth-order valence-corrected chi connectivity index (χ4v) is 1.80. The zero-order valence-electron chi connectivity index (χ0n) is 10.8. The molecule has 0 aromatic carbocycles. The molecule has 0 saturated carbocycles. The highest BCUT2D eigenvalue weighted by Gasteiger charge is 2.43. The van der Waals surface area contributed by atoms with Crippen LogP contribution in [0.5, 0.6) is 0 Å². The Morgan fingerprint density at radius 3 is 2.50 bits per heavy atom. The molecule has 1 rings (SSSR count). The smallest absolute Gasteiger partial charge is 0.389 e. The summed E-state index contributed by atoms with van der Waals surface area (Å²) in [5.74, 6) is -1.19. The maximum absolute atomic E-state index is 11.9. The van der Waals surface area contributed by atoms with E-state index in [0.29, 0.717) is 0 Å². The van der Waals surface area contributed by atoms with Gasteiger partial charge in [0.05, 0.1) is 6.61 Å². The van der Waals surface area contributed by atoms with Gasteiger partial charge in [-0.3, -0.25) is 0 Å². The quantitative estimate of drug-likeness (QED) is 0.644. The highest BCUT2D eigenvalue weighted by molar-refractivity contribution is 5.86. The minimum Gasteiger partial charge on any atom is -0.479 e. The normalized spacial score (nSPS) is 22.6. The number of urea groups is 1. The van der Waals surface area contributed by atoms with Crippen LogP contribution in [0.4, 0.5) is 18.0 Å². The number of alkyl halides is 3. The Morgan fingerprint density at radius 1 is 1.30 bits per heavy atom. The summed E-state index contributed by atoms with van der Waals surface area (Å²) in [6, 6.07) is -0.718. The molecule has 1 unspecified atom stereocenters. The lowest BCUT2D eigenvalue weighted by Gasteiger charge is -2.23. The molecule has 2 amide bonds. The van der Waals surface area contributed by atoms with E-state index in [0.717, 1.165) is 0 Å². The van der Waals surface area contributed by atoms with Crippen molar-refractivity contribution in [1.82, 2.24) is 10.6 Å². The molecule has 1 saturated heterocycles.